The van der Waals surface area contributed by atoms with Crippen molar-refractivity contribution < 1.29 is 0 Å². The molecule has 16 aromatic rings. The van der Waals surface area contributed by atoms with E-state index in [-0.39, 0.29) is 10.8 Å². The first-order valence-electron chi connectivity index (χ1n) is 38.3. The molecule has 6 nitrogen and oxygen atoms in total. The van der Waals surface area contributed by atoms with Crippen LogP contribution in [-0.2, 0) is 10.8 Å². The third-order valence-electron chi connectivity index (χ3n) is 23.2. The van der Waals surface area contributed by atoms with E-state index in [1.54, 1.807) is 23.5 Å². The molecule has 516 valence electrons. The van der Waals surface area contributed by atoms with E-state index in [9.17, 15) is 0 Å². The van der Waals surface area contributed by atoms with E-state index in [4.69, 9.17) is 19.9 Å². The highest BCUT2D eigenvalue weighted by atomic mass is 14.9. The molecule has 2 saturated carbocycles. The van der Waals surface area contributed by atoms with Crippen molar-refractivity contribution in [2.24, 2.45) is 0 Å². The van der Waals surface area contributed by atoms with E-state index >= 15 is 0 Å². The number of hydrogen-bond acceptors (Lipinski definition) is 6. The third kappa shape index (κ3) is 12.3. The lowest BCUT2D eigenvalue weighted by Gasteiger charge is -2.37. The molecule has 0 amide bonds. The van der Waals surface area contributed by atoms with Crippen LogP contribution >= 0.6 is 0 Å². The second-order valence-electron chi connectivity index (χ2n) is 29.4. The molecule has 0 atom stereocenters. The average molecular weight is 1390 g/mol. The van der Waals surface area contributed by atoms with Crippen LogP contribution in [0.15, 0.2) is 352 Å². The topological polar surface area (TPSA) is 77.3 Å². The van der Waals surface area contributed by atoms with Crippen molar-refractivity contribution in [2.45, 2.75) is 75.0 Å². The molecule has 108 heavy (non-hydrogen) atoms. The second-order valence-corrected chi connectivity index (χ2v) is 29.4. The first-order valence-corrected chi connectivity index (χ1v) is 38.3. The molecule has 4 aliphatic carbocycles. The largest absolute Gasteiger partial charge is 0.264 e. The minimum atomic E-state index is 0.106. The summed E-state index contributed by atoms with van der Waals surface area (Å²) < 4.78 is 0. The number of fused-ring (bicyclic) bond motifs is 10. The number of hydrogen-bond donors (Lipinski definition) is 0. The number of benzene rings is 12. The van der Waals surface area contributed by atoms with Crippen molar-refractivity contribution in [3.63, 3.8) is 0 Å². The molecule has 4 aliphatic rings. The molecule has 20 rings (SSSR count). The molecule has 0 saturated heterocycles. The highest BCUT2D eigenvalue weighted by molar-refractivity contribution is 5.92. The van der Waals surface area contributed by atoms with Gasteiger partial charge in [-0.05, 0) is 173 Å². The molecule has 2 fully saturated rings. The Hall–Kier alpha value is -12.9. The standard InChI is InChI=1S/2C51H39N3/c1-3-12-39(13-4-1)50-53-47(33-48(54-50)38-27-23-36(24-28-38)42-16-11-31-52-34-42)37-25-21-35(22-26-37)40-14-9-15-41(32-40)43-18-10-19-45-44-17-5-6-20-46(44)51(49(43)45)29-7-2-8-30-51;1-3-12-39(13-4-1)50-53-47(38-27-23-36(24-28-38)42-16-11-31-52-34-42)33-48(54-50)41-15-9-14-40(32-41)35-21-25-37(26-22-35)43-18-10-19-45-44-17-5-6-20-46(44)51(49(43)45)29-7-2-8-30-51/h2*1,3-6,9-28,31-34H,2,7-8,29-30H2. The fourth-order valence-electron chi connectivity index (χ4n) is 18.0. The first-order chi connectivity index (χ1) is 53.5. The van der Waals surface area contributed by atoms with E-state index in [0.29, 0.717) is 11.6 Å². The molecule has 2 spiro atoms. The highest BCUT2D eigenvalue weighted by Gasteiger charge is 2.46. The van der Waals surface area contributed by atoms with Gasteiger partial charge in [0.2, 0.25) is 0 Å². The lowest BCUT2D eigenvalue weighted by molar-refractivity contribution is 0.353. The molecule has 6 heteroatoms. The van der Waals surface area contributed by atoms with Crippen LogP contribution in [0.3, 0.4) is 0 Å². The van der Waals surface area contributed by atoms with E-state index in [2.05, 4.69) is 289 Å². The summed E-state index contributed by atoms with van der Waals surface area (Å²) in [6, 6.07) is 118. The van der Waals surface area contributed by atoms with Crippen LogP contribution in [0.25, 0.3) is 157 Å². The molecular weight excluding hydrogens is 1310 g/mol. The Kier molecular flexibility index (Phi) is 17.4. The highest BCUT2D eigenvalue weighted by Crippen LogP contribution is 2.60. The van der Waals surface area contributed by atoms with E-state index < -0.39 is 0 Å². The van der Waals surface area contributed by atoms with Gasteiger partial charge in [-0.25, -0.2) is 19.9 Å². The second kappa shape index (κ2) is 28.5. The van der Waals surface area contributed by atoms with Crippen LogP contribution in [0.1, 0.15) is 86.5 Å². The first kappa shape index (κ1) is 65.8. The van der Waals surface area contributed by atoms with Gasteiger partial charge in [0.1, 0.15) is 0 Å². The molecule has 0 radical (unpaired) electrons. The number of aromatic nitrogens is 6. The average Bonchev–Trinajstić information content (AvgIpc) is 1.56. The van der Waals surface area contributed by atoms with Gasteiger partial charge >= 0.3 is 0 Å². The van der Waals surface area contributed by atoms with E-state index in [1.165, 1.54) is 137 Å². The molecule has 0 unspecified atom stereocenters. The summed E-state index contributed by atoms with van der Waals surface area (Å²) >= 11 is 0. The van der Waals surface area contributed by atoms with Crippen LogP contribution in [0, 0.1) is 0 Å². The fourth-order valence-corrected chi connectivity index (χ4v) is 18.0. The third-order valence-corrected chi connectivity index (χ3v) is 23.2. The lowest BCUT2D eigenvalue weighted by Crippen LogP contribution is -2.28. The molecule has 0 aliphatic heterocycles. The van der Waals surface area contributed by atoms with Crippen LogP contribution in [0.4, 0.5) is 0 Å². The van der Waals surface area contributed by atoms with Gasteiger partial charge < -0.3 is 0 Å². The van der Waals surface area contributed by atoms with Crippen molar-refractivity contribution in [3.05, 3.63) is 375 Å². The zero-order valence-corrected chi connectivity index (χ0v) is 60.2. The van der Waals surface area contributed by atoms with Gasteiger partial charge in [0, 0.05) is 69.0 Å². The van der Waals surface area contributed by atoms with Crippen molar-refractivity contribution in [1.29, 1.82) is 0 Å². The summed E-state index contributed by atoms with van der Waals surface area (Å²) in [4.78, 5) is 28.9. The van der Waals surface area contributed by atoms with Gasteiger partial charge in [0.25, 0.3) is 0 Å². The summed E-state index contributed by atoms with van der Waals surface area (Å²) in [6.45, 7) is 0. The van der Waals surface area contributed by atoms with Crippen LogP contribution in [0.2, 0.25) is 0 Å². The Balaban J connectivity index is 0.000000147. The SMILES string of the molecule is c1ccc(-c2nc(-c3ccc(-c4cccnc4)cc3)cc(-c3ccc(-c4cccc(-c5cccc6c5C5(CCCCC5)c5ccccc5-6)c4)cc3)n2)cc1.c1ccc(-c2nc(-c3ccc(-c4cccnc4)cc3)cc(-c3cccc(-c4ccc(-c5cccc6c5C5(CCCCC5)c5ccccc5-6)cc4)c3)n2)cc1. The monoisotopic (exact) mass is 1390 g/mol. The Labute approximate surface area is 632 Å². The number of pyridine rings is 2. The van der Waals surface area contributed by atoms with E-state index in [1.807, 2.05) is 60.9 Å². The Morgan fingerprint density at radius 2 is 0.500 bits per heavy atom. The predicted octanol–water partition coefficient (Wildman–Crippen LogP) is 26.2. The maximum Gasteiger partial charge on any atom is 0.160 e. The lowest BCUT2D eigenvalue weighted by atomic mass is 9.66. The zero-order valence-electron chi connectivity index (χ0n) is 60.2. The summed E-state index contributed by atoms with van der Waals surface area (Å²) in [5.41, 5.74) is 36.3. The summed E-state index contributed by atoms with van der Waals surface area (Å²) in [5, 5.41) is 0. The Bertz CT molecular complexity index is 5950. The van der Waals surface area contributed by atoms with Crippen LogP contribution in [0.5, 0.6) is 0 Å². The van der Waals surface area contributed by atoms with Crippen LogP contribution < -0.4 is 0 Å². The number of rotatable bonds is 12. The van der Waals surface area contributed by atoms with Gasteiger partial charge in [0.15, 0.2) is 11.6 Å². The molecule has 12 aromatic carbocycles. The Morgan fingerprint density at radius 1 is 0.194 bits per heavy atom. The summed E-state index contributed by atoms with van der Waals surface area (Å²) in [5.74, 6) is 1.42. The maximum atomic E-state index is 5.13. The molecule has 4 heterocycles. The molecule has 0 N–H and O–H groups in total. The summed E-state index contributed by atoms with van der Waals surface area (Å²) in [6.07, 6.45) is 20.1. The van der Waals surface area contributed by atoms with Gasteiger partial charge in [-0.1, -0.05) is 330 Å². The van der Waals surface area contributed by atoms with Crippen LogP contribution in [-0.4, -0.2) is 29.9 Å². The predicted molar refractivity (Wildman–Crippen MR) is 443 cm³/mol. The smallest absolute Gasteiger partial charge is 0.160 e. The quantitative estimate of drug-likeness (QED) is 0.121. The minimum absolute atomic E-state index is 0.106. The van der Waals surface area contributed by atoms with Crippen molar-refractivity contribution >= 4 is 0 Å². The van der Waals surface area contributed by atoms with Gasteiger partial charge in [-0.3, -0.25) is 9.97 Å². The van der Waals surface area contributed by atoms with Crippen molar-refractivity contribution in [2.75, 3.05) is 0 Å². The van der Waals surface area contributed by atoms with Gasteiger partial charge in [0.05, 0.1) is 22.8 Å². The zero-order chi connectivity index (χ0) is 71.8. The normalized spacial score (nSPS) is 14.1. The minimum Gasteiger partial charge on any atom is -0.264 e. The van der Waals surface area contributed by atoms with Gasteiger partial charge in [-0.15, -0.1) is 0 Å². The fraction of sp³-hybridized carbons (Fsp3) is 0.118. The molecule has 4 aromatic heterocycles. The molecule has 0 bridgehead atoms. The van der Waals surface area contributed by atoms with Gasteiger partial charge in [-0.2, -0.15) is 0 Å². The maximum absolute atomic E-state index is 5.13. The Morgan fingerprint density at radius 3 is 0.926 bits per heavy atom. The molecular formula is C102H78N6. The van der Waals surface area contributed by atoms with Crippen molar-refractivity contribution in [1.82, 2.24) is 29.9 Å². The van der Waals surface area contributed by atoms with Crippen molar-refractivity contribution in [3.8, 4) is 157 Å². The number of nitrogens with zero attached hydrogens (tertiary/aromatic N) is 6. The van der Waals surface area contributed by atoms with E-state index in [0.717, 1.165) is 84.0 Å². The summed E-state index contributed by atoms with van der Waals surface area (Å²) in [7, 11) is 0.